The number of para-hydroxylation sites is 3. The number of aryl methyl sites for hydroxylation is 1. The zero-order chi connectivity index (χ0) is 27.5. The van der Waals surface area contributed by atoms with Gasteiger partial charge < -0.3 is 19.7 Å². The van der Waals surface area contributed by atoms with Crippen molar-refractivity contribution in [3.8, 4) is 17.2 Å². The number of nitrogens with one attached hydrogen (secondary N) is 1. The van der Waals surface area contributed by atoms with Gasteiger partial charge in [0.05, 0.1) is 28.8 Å². The molecule has 3 aliphatic heterocycles. The van der Waals surface area contributed by atoms with Crippen LogP contribution in [-0.4, -0.2) is 28.2 Å². The molecule has 8 rings (SSSR count). The highest BCUT2D eigenvalue weighted by molar-refractivity contribution is 6.51. The Morgan fingerprint density at radius 2 is 1.63 bits per heavy atom. The van der Waals surface area contributed by atoms with Gasteiger partial charge >= 0.3 is 0 Å². The van der Waals surface area contributed by atoms with Gasteiger partial charge in [0.15, 0.2) is 29.0 Å². The molecule has 1 aromatic heterocycles. The number of anilines is 2. The maximum atomic E-state index is 14.1. The Balaban J connectivity index is 1.36. The fraction of sp³-hybridized carbons (Fsp3) is 0.0938. The summed E-state index contributed by atoms with van der Waals surface area (Å²) in [4.78, 5) is 12.4. The van der Waals surface area contributed by atoms with Crippen LogP contribution in [0, 0.1) is 12.7 Å². The first-order chi connectivity index (χ1) is 20.1. The van der Waals surface area contributed by atoms with Gasteiger partial charge in [-0.3, -0.25) is 0 Å². The minimum atomic E-state index is -0.333. The molecule has 0 saturated carbocycles. The van der Waals surface area contributed by atoms with Crippen LogP contribution in [0.2, 0.25) is 0 Å². The van der Waals surface area contributed by atoms with E-state index < -0.39 is 0 Å². The number of benzene rings is 4. The predicted octanol–water partition coefficient (Wildman–Crippen LogP) is 6.84. The van der Waals surface area contributed by atoms with Crippen LogP contribution in [-0.2, 0) is 0 Å². The highest BCUT2D eigenvalue weighted by atomic mass is 19.1. The summed E-state index contributed by atoms with van der Waals surface area (Å²) >= 11 is 0. The molecule has 0 saturated heterocycles. The van der Waals surface area contributed by atoms with E-state index in [2.05, 4.69) is 10.2 Å². The third kappa shape index (κ3) is 3.77. The lowest BCUT2D eigenvalue weighted by atomic mass is 9.93. The maximum absolute atomic E-state index is 14.1. The number of amidine groups is 2. The summed E-state index contributed by atoms with van der Waals surface area (Å²) in [7, 11) is 0. The number of rotatable bonds is 3. The molecule has 9 heteroatoms. The summed E-state index contributed by atoms with van der Waals surface area (Å²) in [6.45, 7) is 2.18. The summed E-state index contributed by atoms with van der Waals surface area (Å²) in [5, 5.41) is 8.42. The smallest absolute Gasteiger partial charge is 0.231 e. The van der Waals surface area contributed by atoms with E-state index in [0.29, 0.717) is 29.0 Å². The van der Waals surface area contributed by atoms with Gasteiger partial charge in [-0.15, -0.1) is 0 Å². The second-order valence-electron chi connectivity index (χ2n) is 9.97. The fourth-order valence-corrected chi connectivity index (χ4v) is 5.62. The first kappa shape index (κ1) is 23.4. The highest BCUT2D eigenvalue weighted by Gasteiger charge is 2.41. The van der Waals surface area contributed by atoms with E-state index >= 15 is 0 Å². The van der Waals surface area contributed by atoms with Gasteiger partial charge in [0.25, 0.3) is 0 Å². The van der Waals surface area contributed by atoms with Gasteiger partial charge in [0, 0.05) is 17.3 Å². The van der Waals surface area contributed by atoms with Crippen molar-refractivity contribution in [1.82, 2.24) is 9.78 Å². The molecular weight excluding hydrogens is 519 g/mol. The van der Waals surface area contributed by atoms with Gasteiger partial charge in [0.2, 0.25) is 6.79 Å². The van der Waals surface area contributed by atoms with Crippen LogP contribution in [0.4, 0.5) is 27.3 Å². The third-order valence-corrected chi connectivity index (χ3v) is 7.46. The van der Waals surface area contributed by atoms with E-state index in [1.54, 1.807) is 0 Å². The van der Waals surface area contributed by atoms with Crippen LogP contribution in [0.15, 0.2) is 107 Å². The number of hydrogen-bond acceptors (Lipinski definition) is 7. The number of ether oxygens (including phenoxy) is 2. The fourth-order valence-electron chi connectivity index (χ4n) is 5.62. The number of fused-ring (bicyclic) bond motifs is 5. The van der Waals surface area contributed by atoms with Crippen molar-refractivity contribution in [1.29, 1.82) is 0 Å². The van der Waals surface area contributed by atoms with Gasteiger partial charge in [0.1, 0.15) is 5.82 Å². The first-order valence-electron chi connectivity index (χ1n) is 13.3. The SMILES string of the molecule is Cc1nn(-c2ccccc2)c2c1[C@@H](c1ccc(F)cc1)N1C(=N2)C(Nc2ccc3c(c2)OCO3)=Nc2ccccc21. The molecule has 0 radical (unpaired) electrons. The van der Waals surface area contributed by atoms with Crippen molar-refractivity contribution >= 4 is 34.6 Å². The van der Waals surface area contributed by atoms with Crippen LogP contribution in [0.1, 0.15) is 22.9 Å². The van der Waals surface area contributed by atoms with Crippen molar-refractivity contribution in [3.63, 3.8) is 0 Å². The minimum Gasteiger partial charge on any atom is -0.454 e. The normalized spacial score (nSPS) is 16.3. The Bertz CT molecular complexity index is 1880. The Morgan fingerprint density at radius 1 is 0.854 bits per heavy atom. The van der Waals surface area contributed by atoms with Crippen LogP contribution >= 0.6 is 0 Å². The molecule has 5 aromatic rings. The molecule has 4 heterocycles. The van der Waals surface area contributed by atoms with E-state index in [-0.39, 0.29) is 18.7 Å². The molecule has 4 aromatic carbocycles. The van der Waals surface area contributed by atoms with Crippen LogP contribution in [0.5, 0.6) is 11.5 Å². The van der Waals surface area contributed by atoms with Crippen molar-refractivity contribution in [2.45, 2.75) is 13.0 Å². The summed E-state index contributed by atoms with van der Waals surface area (Å²) < 4.78 is 27.1. The summed E-state index contributed by atoms with van der Waals surface area (Å²) in [6, 6.07) is 29.9. The van der Waals surface area contributed by atoms with Crippen molar-refractivity contribution in [2.75, 3.05) is 17.0 Å². The van der Waals surface area contributed by atoms with Crippen LogP contribution in [0.25, 0.3) is 5.69 Å². The number of aromatic nitrogens is 2. The van der Waals surface area contributed by atoms with Gasteiger partial charge in [-0.1, -0.05) is 42.5 Å². The molecule has 1 N–H and O–H groups in total. The summed E-state index contributed by atoms with van der Waals surface area (Å²) in [5.74, 6) is 2.97. The quantitative estimate of drug-likeness (QED) is 0.270. The highest BCUT2D eigenvalue weighted by Crippen LogP contribution is 2.48. The molecule has 0 amide bonds. The first-order valence-corrected chi connectivity index (χ1v) is 13.3. The van der Waals surface area contributed by atoms with Gasteiger partial charge in [-0.05, 0) is 61.0 Å². The molecule has 0 aliphatic carbocycles. The number of nitrogens with zero attached hydrogens (tertiary/aromatic N) is 5. The van der Waals surface area contributed by atoms with Gasteiger partial charge in [-0.25, -0.2) is 19.1 Å². The number of hydrogen-bond donors (Lipinski definition) is 1. The Labute approximate surface area is 235 Å². The Morgan fingerprint density at radius 3 is 2.49 bits per heavy atom. The Hall–Kier alpha value is -5.44. The molecule has 3 aliphatic rings. The lowest BCUT2D eigenvalue weighted by Gasteiger charge is -2.40. The van der Waals surface area contributed by atoms with E-state index in [1.165, 1.54) is 12.1 Å². The van der Waals surface area contributed by atoms with Crippen molar-refractivity contribution in [2.24, 2.45) is 9.98 Å². The molecule has 0 fully saturated rings. The van der Waals surface area contributed by atoms with E-state index in [9.17, 15) is 4.39 Å². The number of aliphatic imine (C=N–C) groups is 2. The van der Waals surface area contributed by atoms with E-state index in [4.69, 9.17) is 24.6 Å². The second kappa shape index (κ2) is 9.06. The molecule has 200 valence electrons. The zero-order valence-electron chi connectivity index (χ0n) is 22.0. The second-order valence-corrected chi connectivity index (χ2v) is 9.97. The summed E-state index contributed by atoms with van der Waals surface area (Å²) in [6.07, 6.45) is 0. The average molecular weight is 543 g/mol. The monoisotopic (exact) mass is 542 g/mol. The molecule has 8 nitrogen and oxygen atoms in total. The van der Waals surface area contributed by atoms with E-state index in [0.717, 1.165) is 39.6 Å². The molecular formula is C32H23FN6O2. The standard InChI is InChI=1S/C32H23FN6O2/c1-19-28-29(20-11-13-21(33)14-12-20)38-25-10-6-5-9-24(25)35-30(34-22-15-16-26-27(17-22)41-18-40-26)32(38)36-31(28)39(37-19)23-7-3-2-4-8-23/h2-17,29H,18H2,1H3,(H,34,35)/t29-/m1/s1. The van der Waals surface area contributed by atoms with Crippen LogP contribution in [0.3, 0.4) is 0 Å². The van der Waals surface area contributed by atoms with Crippen molar-refractivity contribution in [3.05, 3.63) is 120 Å². The summed E-state index contributed by atoms with van der Waals surface area (Å²) in [5.41, 5.74) is 6.06. The molecule has 1 atom stereocenters. The number of halogens is 1. The third-order valence-electron chi connectivity index (χ3n) is 7.46. The molecule has 0 spiro atoms. The predicted molar refractivity (Wildman–Crippen MR) is 156 cm³/mol. The molecule has 0 bridgehead atoms. The lowest BCUT2D eigenvalue weighted by molar-refractivity contribution is 0.174. The average Bonchev–Trinajstić information content (AvgIpc) is 3.61. The van der Waals surface area contributed by atoms with Crippen LogP contribution < -0.4 is 19.7 Å². The Kier molecular flexibility index (Phi) is 5.18. The van der Waals surface area contributed by atoms with Crippen molar-refractivity contribution < 1.29 is 13.9 Å². The molecule has 0 unspecified atom stereocenters. The zero-order valence-corrected chi connectivity index (χ0v) is 22.0. The van der Waals surface area contributed by atoms with E-state index in [1.807, 2.05) is 96.5 Å². The topological polar surface area (TPSA) is 76.3 Å². The minimum absolute atomic E-state index is 0.193. The van der Waals surface area contributed by atoms with Gasteiger partial charge in [-0.2, -0.15) is 5.10 Å². The maximum Gasteiger partial charge on any atom is 0.231 e. The lowest BCUT2D eigenvalue weighted by Crippen LogP contribution is -2.46. The molecule has 41 heavy (non-hydrogen) atoms. The largest absolute Gasteiger partial charge is 0.454 e.